The molecule has 148 valence electrons. The number of non-ortho nitro benzene ring substituents is 1. The Balaban J connectivity index is 1.89. The number of amides is 1. The molecule has 7 nitrogen and oxygen atoms in total. The van der Waals surface area contributed by atoms with Crippen LogP contribution >= 0.6 is 11.6 Å². The maximum Gasteiger partial charge on any atom is 0.270 e. The number of benzene rings is 3. The van der Waals surface area contributed by atoms with Crippen molar-refractivity contribution in [2.75, 3.05) is 19.5 Å². The number of hydrogen-bond donors (Lipinski definition) is 1. The number of carbonyl (C=O) groups excluding carboxylic acids is 1. The number of ether oxygens (including phenoxy) is 2. The lowest BCUT2D eigenvalue weighted by atomic mass is 10.0. The zero-order valence-corrected chi connectivity index (χ0v) is 16.4. The van der Waals surface area contributed by atoms with Crippen LogP contribution in [0.2, 0.25) is 5.02 Å². The van der Waals surface area contributed by atoms with E-state index in [4.69, 9.17) is 21.1 Å². The van der Waals surface area contributed by atoms with Crippen molar-refractivity contribution in [3.63, 3.8) is 0 Å². The second kappa shape index (κ2) is 8.62. The molecule has 0 aliphatic rings. The van der Waals surface area contributed by atoms with Gasteiger partial charge in [0, 0.05) is 23.4 Å². The average molecular weight is 413 g/mol. The first-order chi connectivity index (χ1) is 13.9. The molecule has 0 spiro atoms. The van der Waals surface area contributed by atoms with Crippen LogP contribution < -0.4 is 14.8 Å². The number of anilines is 1. The predicted octanol–water partition coefficient (Wildman–Crippen LogP) is 5.18. The lowest BCUT2D eigenvalue weighted by Gasteiger charge is -2.13. The maximum atomic E-state index is 12.6. The average Bonchev–Trinajstić information content (AvgIpc) is 2.73. The minimum Gasteiger partial charge on any atom is -0.497 e. The van der Waals surface area contributed by atoms with Crippen molar-refractivity contribution in [2.24, 2.45) is 0 Å². The maximum absolute atomic E-state index is 12.6. The van der Waals surface area contributed by atoms with Crippen molar-refractivity contribution in [3.8, 4) is 22.6 Å². The Hall–Kier alpha value is -3.58. The summed E-state index contributed by atoms with van der Waals surface area (Å²) in [4.78, 5) is 22.8. The fourth-order valence-corrected chi connectivity index (χ4v) is 3.04. The van der Waals surface area contributed by atoms with E-state index in [9.17, 15) is 14.9 Å². The molecule has 0 aromatic heterocycles. The van der Waals surface area contributed by atoms with Crippen LogP contribution in [0.1, 0.15) is 10.4 Å². The van der Waals surface area contributed by atoms with Gasteiger partial charge in [-0.1, -0.05) is 23.7 Å². The summed E-state index contributed by atoms with van der Waals surface area (Å²) in [6, 6.07) is 16.3. The normalized spacial score (nSPS) is 10.3. The lowest BCUT2D eigenvalue weighted by molar-refractivity contribution is -0.384. The Morgan fingerprint density at radius 3 is 2.31 bits per heavy atom. The quantitative estimate of drug-likeness (QED) is 0.444. The minimum atomic E-state index is -0.571. The van der Waals surface area contributed by atoms with Gasteiger partial charge in [-0.2, -0.15) is 0 Å². The summed E-state index contributed by atoms with van der Waals surface area (Å²) in [7, 11) is 3.16. The second-order valence-electron chi connectivity index (χ2n) is 6.02. The highest BCUT2D eigenvalue weighted by Crippen LogP contribution is 2.34. The molecule has 0 atom stereocenters. The Kier molecular flexibility index (Phi) is 5.99. The summed E-state index contributed by atoms with van der Waals surface area (Å²) in [6.07, 6.45) is 0. The number of hydrogen-bond acceptors (Lipinski definition) is 5. The Morgan fingerprint density at radius 1 is 1.00 bits per heavy atom. The third-order valence-electron chi connectivity index (χ3n) is 4.27. The number of methoxy groups -OCH3 is 2. The van der Waals surface area contributed by atoms with Crippen LogP contribution in [0.4, 0.5) is 11.4 Å². The van der Waals surface area contributed by atoms with Crippen LogP contribution in [0.5, 0.6) is 11.5 Å². The molecule has 1 N–H and O–H groups in total. The molecular weight excluding hydrogens is 396 g/mol. The summed E-state index contributed by atoms with van der Waals surface area (Å²) in [6.45, 7) is 0. The standard InChI is InChI=1S/C21H17ClN2O5/c1-28-16-7-3-13(4-8-16)18-11-14(5-10-20(18)29-2)23-21(25)17-9-6-15(24(26)27)12-19(17)22/h3-12H,1-2H3,(H,23,25). The van der Waals surface area contributed by atoms with Crippen LogP contribution in [-0.2, 0) is 0 Å². The van der Waals surface area contributed by atoms with E-state index in [0.717, 1.165) is 22.9 Å². The van der Waals surface area contributed by atoms with Crippen LogP contribution in [0.3, 0.4) is 0 Å². The van der Waals surface area contributed by atoms with Gasteiger partial charge < -0.3 is 14.8 Å². The highest BCUT2D eigenvalue weighted by Gasteiger charge is 2.16. The van der Waals surface area contributed by atoms with Gasteiger partial charge in [0.05, 0.1) is 29.7 Å². The molecule has 0 saturated carbocycles. The fraction of sp³-hybridized carbons (Fsp3) is 0.0952. The van der Waals surface area contributed by atoms with E-state index in [1.165, 1.54) is 12.1 Å². The van der Waals surface area contributed by atoms with Crippen molar-refractivity contribution in [2.45, 2.75) is 0 Å². The van der Waals surface area contributed by atoms with Crippen LogP contribution in [-0.4, -0.2) is 25.1 Å². The number of halogens is 1. The summed E-state index contributed by atoms with van der Waals surface area (Å²) in [5.41, 5.74) is 2.14. The molecule has 1 amide bonds. The monoisotopic (exact) mass is 412 g/mol. The zero-order valence-electron chi connectivity index (χ0n) is 15.6. The van der Waals surface area contributed by atoms with Gasteiger partial charge in [0.1, 0.15) is 11.5 Å². The number of nitro groups is 1. The van der Waals surface area contributed by atoms with E-state index in [0.29, 0.717) is 11.4 Å². The summed E-state index contributed by atoms with van der Waals surface area (Å²) < 4.78 is 10.6. The van der Waals surface area contributed by atoms with E-state index in [1.54, 1.807) is 32.4 Å². The molecule has 3 aromatic carbocycles. The molecular formula is C21H17ClN2O5. The van der Waals surface area contributed by atoms with Gasteiger partial charge in [-0.05, 0) is 42.0 Å². The molecule has 0 heterocycles. The Morgan fingerprint density at radius 2 is 1.72 bits per heavy atom. The topological polar surface area (TPSA) is 90.7 Å². The van der Waals surface area contributed by atoms with Crippen molar-refractivity contribution in [1.29, 1.82) is 0 Å². The third-order valence-corrected chi connectivity index (χ3v) is 4.58. The Bertz CT molecular complexity index is 1070. The van der Waals surface area contributed by atoms with E-state index in [1.807, 2.05) is 24.3 Å². The SMILES string of the molecule is COc1ccc(-c2cc(NC(=O)c3ccc([N+](=O)[O-])cc3Cl)ccc2OC)cc1. The molecule has 0 aliphatic carbocycles. The molecule has 0 fully saturated rings. The molecule has 0 radical (unpaired) electrons. The van der Waals surface area contributed by atoms with Gasteiger partial charge in [-0.25, -0.2) is 0 Å². The summed E-state index contributed by atoms with van der Waals surface area (Å²) >= 11 is 6.04. The summed E-state index contributed by atoms with van der Waals surface area (Å²) in [5.74, 6) is 0.891. The van der Waals surface area contributed by atoms with Gasteiger partial charge in [0.25, 0.3) is 11.6 Å². The van der Waals surface area contributed by atoms with Crippen LogP contribution in [0, 0.1) is 10.1 Å². The minimum absolute atomic E-state index is 0.000546. The fourth-order valence-electron chi connectivity index (χ4n) is 2.78. The molecule has 8 heteroatoms. The first-order valence-corrected chi connectivity index (χ1v) is 8.88. The van der Waals surface area contributed by atoms with Crippen LogP contribution in [0.15, 0.2) is 60.7 Å². The molecule has 3 rings (SSSR count). The van der Waals surface area contributed by atoms with E-state index in [-0.39, 0.29) is 16.3 Å². The largest absolute Gasteiger partial charge is 0.497 e. The zero-order chi connectivity index (χ0) is 21.0. The molecule has 0 bridgehead atoms. The number of nitrogens with zero attached hydrogens (tertiary/aromatic N) is 1. The molecule has 3 aromatic rings. The smallest absolute Gasteiger partial charge is 0.270 e. The number of carbonyl (C=O) groups is 1. The number of rotatable bonds is 6. The van der Waals surface area contributed by atoms with Gasteiger partial charge >= 0.3 is 0 Å². The van der Waals surface area contributed by atoms with Gasteiger partial charge in [0.2, 0.25) is 0 Å². The molecule has 0 unspecified atom stereocenters. The number of nitrogens with one attached hydrogen (secondary N) is 1. The highest BCUT2D eigenvalue weighted by atomic mass is 35.5. The third kappa shape index (κ3) is 4.47. The van der Waals surface area contributed by atoms with E-state index < -0.39 is 10.8 Å². The lowest BCUT2D eigenvalue weighted by Crippen LogP contribution is -2.12. The molecule has 0 saturated heterocycles. The number of nitro benzene ring substituents is 1. The van der Waals surface area contributed by atoms with Crippen molar-refractivity contribution in [1.82, 2.24) is 0 Å². The Labute approximate surface area is 172 Å². The summed E-state index contributed by atoms with van der Waals surface area (Å²) in [5, 5.41) is 13.6. The van der Waals surface area contributed by atoms with Crippen molar-refractivity contribution < 1.29 is 19.2 Å². The van der Waals surface area contributed by atoms with E-state index >= 15 is 0 Å². The molecule has 29 heavy (non-hydrogen) atoms. The van der Waals surface area contributed by atoms with Crippen molar-refractivity contribution in [3.05, 3.63) is 81.4 Å². The van der Waals surface area contributed by atoms with Gasteiger partial charge in [-0.3, -0.25) is 14.9 Å². The van der Waals surface area contributed by atoms with Crippen molar-refractivity contribution >= 4 is 28.9 Å². The van der Waals surface area contributed by atoms with Gasteiger partial charge in [-0.15, -0.1) is 0 Å². The van der Waals surface area contributed by atoms with Gasteiger partial charge in [0.15, 0.2) is 0 Å². The van der Waals surface area contributed by atoms with E-state index in [2.05, 4.69) is 5.32 Å². The van der Waals surface area contributed by atoms with Crippen LogP contribution in [0.25, 0.3) is 11.1 Å². The first-order valence-electron chi connectivity index (χ1n) is 8.50. The predicted molar refractivity (Wildman–Crippen MR) is 111 cm³/mol. The highest BCUT2D eigenvalue weighted by molar-refractivity contribution is 6.34. The molecule has 0 aliphatic heterocycles. The second-order valence-corrected chi connectivity index (χ2v) is 6.43. The first kappa shape index (κ1) is 20.2.